The molecule has 2 aromatic carbocycles. The molecule has 0 radical (unpaired) electrons. The van der Waals surface area contributed by atoms with Gasteiger partial charge in [0.05, 0.1) is 5.56 Å². The van der Waals surface area contributed by atoms with E-state index < -0.39 is 0 Å². The Hall–Kier alpha value is -3.05. The Kier molecular flexibility index (Phi) is 5.71. The molecule has 2 N–H and O–H groups in total. The number of amides is 1. The molecule has 0 aliphatic carbocycles. The molecule has 5 heteroatoms. The lowest BCUT2D eigenvalue weighted by Gasteiger charge is -2.22. The number of aromatic nitrogens is 1. The highest BCUT2D eigenvalue weighted by Gasteiger charge is 2.16. The van der Waals surface area contributed by atoms with Gasteiger partial charge in [-0.3, -0.25) is 9.78 Å². The molecule has 1 heterocycles. The zero-order valence-corrected chi connectivity index (χ0v) is 14.3. The van der Waals surface area contributed by atoms with Crippen LogP contribution in [-0.4, -0.2) is 28.9 Å². The fourth-order valence-corrected chi connectivity index (χ4v) is 2.75. The summed E-state index contributed by atoms with van der Waals surface area (Å²) < 4.78 is 13.1. The van der Waals surface area contributed by atoms with Crippen LogP contribution in [0.1, 0.15) is 15.9 Å². The molecule has 0 aliphatic rings. The standard InChI is InChI=1S/C21H20FN3O/c22-20-8-6-17(7-9-20)18-12-19(14-24-13-18)21(26)25(11-10-23)15-16-4-2-1-3-5-16/h1-9,12-14H,10-11,15,23H2. The lowest BCUT2D eigenvalue weighted by molar-refractivity contribution is 0.0748. The molecule has 3 aromatic rings. The monoisotopic (exact) mass is 349 g/mol. The molecule has 3 rings (SSSR count). The number of pyridine rings is 1. The summed E-state index contributed by atoms with van der Waals surface area (Å²) in [6, 6.07) is 17.7. The van der Waals surface area contributed by atoms with Crippen LogP contribution in [0.25, 0.3) is 11.1 Å². The number of nitrogens with zero attached hydrogens (tertiary/aromatic N) is 2. The van der Waals surface area contributed by atoms with Crippen molar-refractivity contribution < 1.29 is 9.18 Å². The van der Waals surface area contributed by atoms with Gasteiger partial charge in [0.1, 0.15) is 5.82 Å². The Bertz CT molecular complexity index is 866. The Labute approximate surface area is 152 Å². The van der Waals surface area contributed by atoms with Crippen LogP contribution in [0.15, 0.2) is 73.1 Å². The summed E-state index contributed by atoms with van der Waals surface area (Å²) in [5.74, 6) is -0.429. The first kappa shape index (κ1) is 17.8. The van der Waals surface area contributed by atoms with Crippen molar-refractivity contribution in [2.45, 2.75) is 6.54 Å². The van der Waals surface area contributed by atoms with E-state index in [1.54, 1.807) is 35.5 Å². The number of hydrogen-bond acceptors (Lipinski definition) is 3. The molecule has 4 nitrogen and oxygen atoms in total. The lowest BCUT2D eigenvalue weighted by atomic mass is 10.1. The summed E-state index contributed by atoms with van der Waals surface area (Å²) in [7, 11) is 0. The van der Waals surface area contributed by atoms with E-state index in [1.165, 1.54) is 12.1 Å². The van der Waals surface area contributed by atoms with Crippen molar-refractivity contribution in [2.75, 3.05) is 13.1 Å². The Morgan fingerprint density at radius 2 is 1.73 bits per heavy atom. The van der Waals surface area contributed by atoms with Crippen LogP contribution >= 0.6 is 0 Å². The van der Waals surface area contributed by atoms with Crippen molar-refractivity contribution in [1.82, 2.24) is 9.88 Å². The maximum atomic E-state index is 13.1. The van der Waals surface area contributed by atoms with Gasteiger partial charge in [0.15, 0.2) is 0 Å². The first-order chi connectivity index (χ1) is 12.7. The maximum Gasteiger partial charge on any atom is 0.255 e. The van der Waals surface area contributed by atoms with Gasteiger partial charge in [-0.1, -0.05) is 42.5 Å². The molecule has 0 fully saturated rings. The van der Waals surface area contributed by atoms with Gasteiger partial charge in [0.2, 0.25) is 0 Å². The highest BCUT2D eigenvalue weighted by molar-refractivity contribution is 5.95. The van der Waals surface area contributed by atoms with Gasteiger partial charge < -0.3 is 10.6 Å². The van der Waals surface area contributed by atoms with Crippen LogP contribution in [0.4, 0.5) is 4.39 Å². The van der Waals surface area contributed by atoms with Crippen LogP contribution in [0.5, 0.6) is 0 Å². The van der Waals surface area contributed by atoms with Crippen LogP contribution in [0.3, 0.4) is 0 Å². The average Bonchev–Trinajstić information content (AvgIpc) is 2.68. The van der Waals surface area contributed by atoms with Crippen molar-refractivity contribution in [1.29, 1.82) is 0 Å². The van der Waals surface area contributed by atoms with E-state index in [4.69, 9.17) is 5.73 Å². The number of nitrogens with two attached hydrogens (primary N) is 1. The van der Waals surface area contributed by atoms with E-state index in [1.807, 2.05) is 30.3 Å². The van der Waals surface area contributed by atoms with E-state index in [9.17, 15) is 9.18 Å². The molecule has 0 saturated heterocycles. The second-order valence-corrected chi connectivity index (χ2v) is 5.97. The van der Waals surface area contributed by atoms with Gasteiger partial charge in [0, 0.05) is 37.6 Å². The third-order valence-corrected chi connectivity index (χ3v) is 4.07. The molecule has 0 unspecified atom stereocenters. The quantitative estimate of drug-likeness (QED) is 0.741. The summed E-state index contributed by atoms with van der Waals surface area (Å²) in [5.41, 5.74) is 8.78. The highest BCUT2D eigenvalue weighted by atomic mass is 19.1. The van der Waals surface area contributed by atoms with E-state index in [-0.39, 0.29) is 11.7 Å². The minimum atomic E-state index is -0.300. The van der Waals surface area contributed by atoms with Gasteiger partial charge in [-0.05, 0) is 29.3 Å². The maximum absolute atomic E-state index is 13.1. The summed E-state index contributed by atoms with van der Waals surface area (Å²) in [6.07, 6.45) is 3.21. The van der Waals surface area contributed by atoms with Gasteiger partial charge in [-0.15, -0.1) is 0 Å². The van der Waals surface area contributed by atoms with Crippen molar-refractivity contribution in [2.24, 2.45) is 5.73 Å². The summed E-state index contributed by atoms with van der Waals surface area (Å²) in [5, 5.41) is 0. The second-order valence-electron chi connectivity index (χ2n) is 5.97. The smallest absolute Gasteiger partial charge is 0.255 e. The molecule has 0 spiro atoms. The molecular weight excluding hydrogens is 329 g/mol. The molecule has 0 bridgehead atoms. The Morgan fingerprint density at radius 1 is 1.00 bits per heavy atom. The fraction of sp³-hybridized carbons (Fsp3) is 0.143. The van der Waals surface area contributed by atoms with Crippen LogP contribution in [0, 0.1) is 5.82 Å². The molecule has 0 atom stereocenters. The molecule has 26 heavy (non-hydrogen) atoms. The van der Waals surface area contributed by atoms with Crippen LogP contribution in [0.2, 0.25) is 0 Å². The van der Waals surface area contributed by atoms with Gasteiger partial charge >= 0.3 is 0 Å². The van der Waals surface area contributed by atoms with Gasteiger partial charge in [-0.25, -0.2) is 4.39 Å². The summed E-state index contributed by atoms with van der Waals surface area (Å²) in [6.45, 7) is 1.32. The third kappa shape index (κ3) is 4.32. The number of rotatable bonds is 6. The molecule has 0 saturated carbocycles. The van der Waals surface area contributed by atoms with E-state index in [2.05, 4.69) is 4.98 Å². The zero-order valence-electron chi connectivity index (χ0n) is 14.3. The number of carbonyl (C=O) groups excluding carboxylic acids is 1. The Morgan fingerprint density at radius 3 is 2.42 bits per heavy atom. The number of halogens is 1. The zero-order chi connectivity index (χ0) is 18.4. The minimum absolute atomic E-state index is 0.129. The van der Waals surface area contributed by atoms with Crippen molar-refractivity contribution in [3.8, 4) is 11.1 Å². The van der Waals surface area contributed by atoms with E-state index in [0.717, 1.165) is 16.7 Å². The van der Waals surface area contributed by atoms with E-state index >= 15 is 0 Å². The number of hydrogen-bond donors (Lipinski definition) is 1. The minimum Gasteiger partial charge on any atom is -0.333 e. The van der Waals surface area contributed by atoms with Crippen molar-refractivity contribution in [3.63, 3.8) is 0 Å². The van der Waals surface area contributed by atoms with E-state index in [0.29, 0.717) is 25.2 Å². The first-order valence-electron chi connectivity index (χ1n) is 8.41. The largest absolute Gasteiger partial charge is 0.333 e. The predicted molar refractivity (Wildman–Crippen MR) is 99.9 cm³/mol. The molecule has 132 valence electrons. The second kappa shape index (κ2) is 8.36. The predicted octanol–water partition coefficient (Wildman–Crippen LogP) is 3.49. The lowest BCUT2D eigenvalue weighted by Crippen LogP contribution is -2.35. The van der Waals surface area contributed by atoms with Gasteiger partial charge in [-0.2, -0.15) is 0 Å². The molecule has 1 aromatic heterocycles. The molecule has 0 aliphatic heterocycles. The van der Waals surface area contributed by atoms with Crippen LogP contribution in [-0.2, 0) is 6.54 Å². The third-order valence-electron chi connectivity index (χ3n) is 4.07. The highest BCUT2D eigenvalue weighted by Crippen LogP contribution is 2.20. The van der Waals surface area contributed by atoms with Crippen molar-refractivity contribution >= 4 is 5.91 Å². The number of carbonyl (C=O) groups is 1. The topological polar surface area (TPSA) is 59.2 Å². The molecular formula is C21H20FN3O. The normalized spacial score (nSPS) is 10.5. The Balaban J connectivity index is 1.85. The summed E-state index contributed by atoms with van der Waals surface area (Å²) >= 11 is 0. The van der Waals surface area contributed by atoms with Crippen LogP contribution < -0.4 is 5.73 Å². The average molecular weight is 349 g/mol. The fourth-order valence-electron chi connectivity index (χ4n) is 2.75. The molecule has 1 amide bonds. The number of benzene rings is 2. The first-order valence-corrected chi connectivity index (χ1v) is 8.41. The SMILES string of the molecule is NCCN(Cc1ccccc1)C(=O)c1cncc(-c2ccc(F)cc2)c1. The summed E-state index contributed by atoms with van der Waals surface area (Å²) in [4.78, 5) is 18.8. The van der Waals surface area contributed by atoms with Crippen molar-refractivity contribution in [3.05, 3.63) is 90.0 Å². The van der Waals surface area contributed by atoms with Gasteiger partial charge in [0.25, 0.3) is 5.91 Å².